The van der Waals surface area contributed by atoms with Crippen molar-refractivity contribution in [3.63, 3.8) is 0 Å². The van der Waals surface area contributed by atoms with E-state index in [9.17, 15) is 24.1 Å². The third-order valence-electron chi connectivity index (χ3n) is 4.53. The molecule has 0 spiro atoms. The van der Waals surface area contributed by atoms with Crippen molar-refractivity contribution in [2.24, 2.45) is 0 Å². The zero-order chi connectivity index (χ0) is 23.1. The number of hydrogen-bond acceptors (Lipinski definition) is 5. The largest absolute Gasteiger partial charge is 0.457 e. The molecule has 0 heterocycles. The molecule has 2 N–H and O–H groups in total. The Hall–Kier alpha value is -4.27. The van der Waals surface area contributed by atoms with Gasteiger partial charge in [-0.05, 0) is 61.0 Å². The molecule has 0 saturated carbocycles. The fraction of sp³-hybridized carbons (Fsp3) is 0.130. The molecule has 0 aliphatic carbocycles. The van der Waals surface area contributed by atoms with Gasteiger partial charge >= 0.3 is 0 Å². The van der Waals surface area contributed by atoms with E-state index in [4.69, 9.17) is 4.74 Å². The molecule has 3 aromatic carbocycles. The molecule has 0 aliphatic heterocycles. The second kappa shape index (κ2) is 10.2. The number of rotatable bonds is 8. The predicted octanol–water partition coefficient (Wildman–Crippen LogP) is 3.88. The second-order valence-corrected chi connectivity index (χ2v) is 6.92. The summed E-state index contributed by atoms with van der Waals surface area (Å²) >= 11 is 0. The van der Waals surface area contributed by atoms with E-state index in [1.807, 2.05) is 0 Å². The van der Waals surface area contributed by atoms with E-state index in [0.29, 0.717) is 17.1 Å². The van der Waals surface area contributed by atoms with Crippen LogP contribution in [0.1, 0.15) is 21.5 Å². The molecule has 0 atom stereocenters. The number of carbonyl (C=O) groups excluding carboxylic acids is 2. The highest BCUT2D eigenvalue weighted by Gasteiger charge is 2.14. The fourth-order valence-corrected chi connectivity index (χ4v) is 2.84. The first-order valence-electron chi connectivity index (χ1n) is 9.64. The molecule has 8 nitrogen and oxygen atoms in total. The molecule has 9 heteroatoms. The highest BCUT2D eigenvalue weighted by atomic mass is 19.1. The number of amides is 2. The molecule has 0 aliphatic rings. The van der Waals surface area contributed by atoms with E-state index in [2.05, 4.69) is 10.6 Å². The lowest BCUT2D eigenvalue weighted by Gasteiger charge is -2.09. The number of nitrogens with one attached hydrogen (secondary N) is 2. The van der Waals surface area contributed by atoms with Gasteiger partial charge in [0.1, 0.15) is 17.3 Å². The van der Waals surface area contributed by atoms with Crippen molar-refractivity contribution in [1.29, 1.82) is 0 Å². The van der Waals surface area contributed by atoms with Crippen molar-refractivity contribution in [2.75, 3.05) is 6.54 Å². The molecule has 0 radical (unpaired) electrons. The smallest absolute Gasteiger partial charge is 0.272 e. The molecule has 0 bridgehead atoms. The third kappa shape index (κ3) is 6.11. The average Bonchev–Trinajstić information content (AvgIpc) is 2.78. The van der Waals surface area contributed by atoms with Crippen molar-refractivity contribution in [1.82, 2.24) is 10.6 Å². The number of benzene rings is 3. The summed E-state index contributed by atoms with van der Waals surface area (Å²) in [7, 11) is 0. The van der Waals surface area contributed by atoms with Crippen LogP contribution in [0.5, 0.6) is 11.5 Å². The van der Waals surface area contributed by atoms with Crippen LogP contribution < -0.4 is 15.4 Å². The van der Waals surface area contributed by atoms with Gasteiger partial charge in [-0.15, -0.1) is 0 Å². The number of nitrogens with zero attached hydrogens (tertiary/aromatic N) is 1. The summed E-state index contributed by atoms with van der Waals surface area (Å²) in [5.41, 5.74) is 1.34. The number of hydrogen-bond donors (Lipinski definition) is 2. The third-order valence-corrected chi connectivity index (χ3v) is 4.53. The van der Waals surface area contributed by atoms with Gasteiger partial charge in [-0.2, -0.15) is 0 Å². The quantitative estimate of drug-likeness (QED) is 0.410. The van der Waals surface area contributed by atoms with Crippen LogP contribution in [0.3, 0.4) is 0 Å². The van der Waals surface area contributed by atoms with E-state index in [0.717, 1.165) is 5.56 Å². The average molecular weight is 437 g/mol. The van der Waals surface area contributed by atoms with Crippen LogP contribution in [0, 0.1) is 22.9 Å². The number of nitro groups is 1. The maximum atomic E-state index is 12.9. The summed E-state index contributed by atoms with van der Waals surface area (Å²) in [6.45, 7) is 1.56. The monoisotopic (exact) mass is 437 g/mol. The van der Waals surface area contributed by atoms with Gasteiger partial charge in [0, 0.05) is 23.7 Å². The van der Waals surface area contributed by atoms with Gasteiger partial charge in [0.05, 0.1) is 11.5 Å². The van der Waals surface area contributed by atoms with Gasteiger partial charge in [-0.25, -0.2) is 4.39 Å². The van der Waals surface area contributed by atoms with Crippen LogP contribution in [-0.2, 0) is 11.3 Å². The van der Waals surface area contributed by atoms with E-state index in [1.165, 1.54) is 49.4 Å². The molecular formula is C23H20FN3O5. The van der Waals surface area contributed by atoms with Crippen LogP contribution in [0.15, 0.2) is 66.7 Å². The predicted molar refractivity (Wildman–Crippen MR) is 115 cm³/mol. The van der Waals surface area contributed by atoms with Crippen LogP contribution in [0.2, 0.25) is 0 Å². The van der Waals surface area contributed by atoms with Crippen molar-refractivity contribution in [3.8, 4) is 11.5 Å². The summed E-state index contributed by atoms with van der Waals surface area (Å²) in [6, 6.07) is 16.7. The lowest BCUT2D eigenvalue weighted by molar-refractivity contribution is -0.385. The van der Waals surface area contributed by atoms with Gasteiger partial charge in [-0.1, -0.05) is 12.1 Å². The maximum Gasteiger partial charge on any atom is 0.272 e. The molecule has 0 fully saturated rings. The van der Waals surface area contributed by atoms with Crippen molar-refractivity contribution < 1.29 is 23.6 Å². The van der Waals surface area contributed by atoms with E-state index in [-0.39, 0.29) is 36.1 Å². The SMILES string of the molecule is Cc1cc(C(=O)NCC(=O)NCc2ccc(Oc3ccc(F)cc3)cc2)ccc1[N+](=O)[O-]. The standard InChI is InChI=1S/C23H20FN3O5/c1-15-12-17(4-11-21(15)27(30)31)23(29)26-14-22(28)25-13-16-2-7-19(8-3-16)32-20-9-5-18(24)6-10-20/h2-12H,13-14H2,1H3,(H,25,28)(H,26,29). The zero-order valence-corrected chi connectivity index (χ0v) is 17.1. The topological polar surface area (TPSA) is 111 Å². The van der Waals surface area contributed by atoms with Gasteiger partial charge in [0.2, 0.25) is 5.91 Å². The Morgan fingerprint density at radius 2 is 1.59 bits per heavy atom. The van der Waals surface area contributed by atoms with Gasteiger partial charge < -0.3 is 15.4 Å². The van der Waals surface area contributed by atoms with E-state index >= 15 is 0 Å². The van der Waals surface area contributed by atoms with Crippen LogP contribution in [0.25, 0.3) is 0 Å². The highest BCUT2D eigenvalue weighted by Crippen LogP contribution is 2.22. The van der Waals surface area contributed by atoms with E-state index < -0.39 is 10.8 Å². The zero-order valence-electron chi connectivity index (χ0n) is 17.1. The first kappa shape index (κ1) is 22.4. The van der Waals surface area contributed by atoms with Gasteiger partial charge in [0.15, 0.2) is 0 Å². The molecule has 0 unspecified atom stereocenters. The first-order chi connectivity index (χ1) is 15.3. The fourth-order valence-electron chi connectivity index (χ4n) is 2.84. The lowest BCUT2D eigenvalue weighted by Crippen LogP contribution is -2.36. The summed E-state index contributed by atoms with van der Waals surface area (Å²) in [5, 5.41) is 16.0. The minimum atomic E-state index is -0.522. The van der Waals surface area contributed by atoms with Gasteiger partial charge in [0.25, 0.3) is 11.6 Å². The molecule has 32 heavy (non-hydrogen) atoms. The van der Waals surface area contributed by atoms with Crippen LogP contribution in [0.4, 0.5) is 10.1 Å². The molecule has 0 aromatic heterocycles. The van der Waals surface area contributed by atoms with Gasteiger partial charge in [-0.3, -0.25) is 19.7 Å². The summed E-state index contributed by atoms with van der Waals surface area (Å²) in [6.07, 6.45) is 0. The first-order valence-corrected chi connectivity index (χ1v) is 9.64. The number of nitro benzene ring substituents is 1. The van der Waals surface area contributed by atoms with Crippen molar-refractivity contribution in [2.45, 2.75) is 13.5 Å². The Kier molecular flexibility index (Phi) is 7.12. The molecule has 2 amide bonds. The molecule has 3 rings (SSSR count). The number of ether oxygens (including phenoxy) is 1. The molecule has 164 valence electrons. The number of aryl methyl sites for hydroxylation is 1. The Balaban J connectivity index is 1.45. The number of carbonyl (C=O) groups is 2. The Morgan fingerprint density at radius 3 is 2.19 bits per heavy atom. The van der Waals surface area contributed by atoms with Crippen LogP contribution in [-0.4, -0.2) is 23.3 Å². The summed E-state index contributed by atoms with van der Waals surface area (Å²) in [4.78, 5) is 34.5. The summed E-state index contributed by atoms with van der Waals surface area (Å²) in [5.74, 6) is -0.157. The molecule has 3 aromatic rings. The molecular weight excluding hydrogens is 417 g/mol. The Labute approximate surface area is 183 Å². The normalized spacial score (nSPS) is 10.3. The van der Waals surface area contributed by atoms with Crippen LogP contribution >= 0.6 is 0 Å². The Bertz CT molecular complexity index is 1130. The van der Waals surface area contributed by atoms with E-state index in [1.54, 1.807) is 24.3 Å². The second-order valence-electron chi connectivity index (χ2n) is 6.92. The van der Waals surface area contributed by atoms with Crippen molar-refractivity contribution in [3.05, 3.63) is 99.4 Å². The Morgan fingerprint density at radius 1 is 0.969 bits per heavy atom. The minimum absolute atomic E-state index is 0.0756. The molecule has 0 saturated heterocycles. The lowest BCUT2D eigenvalue weighted by atomic mass is 10.1. The summed E-state index contributed by atoms with van der Waals surface area (Å²) < 4.78 is 18.5. The van der Waals surface area contributed by atoms with Crippen molar-refractivity contribution >= 4 is 17.5 Å². The number of halogens is 1. The highest BCUT2D eigenvalue weighted by molar-refractivity contribution is 5.96. The maximum absolute atomic E-state index is 12.9. The minimum Gasteiger partial charge on any atom is -0.457 e.